The molecule has 2 aliphatic carbocycles. The van der Waals surface area contributed by atoms with Gasteiger partial charge in [0, 0.05) is 0 Å². The molecule has 0 fully saturated rings. The third-order valence-electron chi connectivity index (χ3n) is 4.69. The molecule has 0 heteroatoms. The zero-order chi connectivity index (χ0) is 14.0. The van der Waals surface area contributed by atoms with Gasteiger partial charge in [0.1, 0.15) is 0 Å². The van der Waals surface area contributed by atoms with E-state index in [9.17, 15) is 0 Å². The fourth-order valence-electron chi connectivity index (χ4n) is 3.45. The van der Waals surface area contributed by atoms with Crippen LogP contribution in [0, 0.1) is 17.8 Å². The van der Waals surface area contributed by atoms with Crippen LogP contribution in [0.5, 0.6) is 0 Å². The van der Waals surface area contributed by atoms with E-state index in [0.29, 0.717) is 11.8 Å². The Bertz CT molecular complexity index is 317. The van der Waals surface area contributed by atoms with E-state index in [1.807, 2.05) is 0 Å². The molecule has 20 heavy (non-hydrogen) atoms. The SMILES string of the molecule is CCCCCCCCCC(C1C=CC=C1)C1C=CC=C1. The summed E-state index contributed by atoms with van der Waals surface area (Å²) in [6.45, 7) is 2.29. The van der Waals surface area contributed by atoms with Gasteiger partial charge in [-0.25, -0.2) is 0 Å². The van der Waals surface area contributed by atoms with Gasteiger partial charge in [-0.05, 0) is 24.2 Å². The van der Waals surface area contributed by atoms with Gasteiger partial charge >= 0.3 is 0 Å². The lowest BCUT2D eigenvalue weighted by atomic mass is 9.79. The van der Waals surface area contributed by atoms with E-state index < -0.39 is 0 Å². The van der Waals surface area contributed by atoms with Gasteiger partial charge in [0.25, 0.3) is 0 Å². The van der Waals surface area contributed by atoms with E-state index >= 15 is 0 Å². The largest absolute Gasteiger partial charge is 0.0773 e. The fourth-order valence-corrected chi connectivity index (χ4v) is 3.45. The second-order valence-corrected chi connectivity index (χ2v) is 6.27. The Balaban J connectivity index is 1.69. The summed E-state index contributed by atoms with van der Waals surface area (Å²) < 4.78 is 0. The van der Waals surface area contributed by atoms with Crippen LogP contribution in [-0.2, 0) is 0 Å². The van der Waals surface area contributed by atoms with Crippen molar-refractivity contribution in [1.29, 1.82) is 0 Å². The van der Waals surface area contributed by atoms with Crippen LogP contribution < -0.4 is 0 Å². The van der Waals surface area contributed by atoms with Crippen molar-refractivity contribution in [3.8, 4) is 0 Å². The first-order chi connectivity index (χ1) is 9.92. The molecule has 0 radical (unpaired) electrons. The Hall–Kier alpha value is -1.04. The molecule has 0 aromatic carbocycles. The highest BCUT2D eigenvalue weighted by Crippen LogP contribution is 2.34. The van der Waals surface area contributed by atoms with E-state index in [4.69, 9.17) is 0 Å². The molecule has 0 aromatic heterocycles. The quantitative estimate of drug-likeness (QED) is 0.413. The summed E-state index contributed by atoms with van der Waals surface area (Å²) in [4.78, 5) is 0. The standard InChI is InChI=1S/C20H30/c1-2-3-4-5-6-7-8-17-20(18-13-9-10-14-18)19-15-11-12-16-19/h9-16,18-20H,2-8,17H2,1H3. The van der Waals surface area contributed by atoms with Crippen LogP contribution in [0.15, 0.2) is 48.6 Å². The molecule has 0 saturated heterocycles. The van der Waals surface area contributed by atoms with E-state index in [0.717, 1.165) is 5.92 Å². The molecule has 110 valence electrons. The molecule has 0 atom stereocenters. The average Bonchev–Trinajstić information content (AvgIpc) is 3.14. The molecule has 0 aliphatic heterocycles. The highest BCUT2D eigenvalue weighted by molar-refractivity contribution is 5.24. The Kier molecular flexibility index (Phi) is 6.91. The molecular weight excluding hydrogens is 240 g/mol. The van der Waals surface area contributed by atoms with Crippen LogP contribution in [0.25, 0.3) is 0 Å². The second kappa shape index (κ2) is 9.00. The molecule has 0 saturated carbocycles. The minimum atomic E-state index is 0.660. The van der Waals surface area contributed by atoms with Gasteiger partial charge in [0.2, 0.25) is 0 Å². The fraction of sp³-hybridized carbons (Fsp3) is 0.600. The Morgan fingerprint density at radius 2 is 1.10 bits per heavy atom. The van der Waals surface area contributed by atoms with Gasteiger partial charge in [-0.1, -0.05) is 100 Å². The van der Waals surface area contributed by atoms with Crippen LogP contribution in [-0.4, -0.2) is 0 Å². The maximum Gasteiger partial charge on any atom is -0.00103 e. The van der Waals surface area contributed by atoms with Crippen LogP contribution >= 0.6 is 0 Å². The Morgan fingerprint density at radius 1 is 0.650 bits per heavy atom. The number of allylic oxidation sites excluding steroid dienone is 8. The van der Waals surface area contributed by atoms with Crippen LogP contribution in [0.3, 0.4) is 0 Å². The minimum absolute atomic E-state index is 0.660. The smallest absolute Gasteiger partial charge is 0.00103 e. The van der Waals surface area contributed by atoms with Gasteiger partial charge in [-0.3, -0.25) is 0 Å². The zero-order valence-electron chi connectivity index (χ0n) is 13.0. The molecule has 0 aromatic rings. The van der Waals surface area contributed by atoms with E-state index in [-0.39, 0.29) is 0 Å². The van der Waals surface area contributed by atoms with Crippen molar-refractivity contribution >= 4 is 0 Å². The van der Waals surface area contributed by atoms with Crippen LogP contribution in [0.2, 0.25) is 0 Å². The molecule has 2 aliphatic rings. The Labute approximate surface area is 125 Å². The normalized spacial score (nSPS) is 18.1. The molecular formula is C20H30. The lowest BCUT2D eigenvalue weighted by Crippen LogP contribution is -2.17. The summed E-state index contributed by atoms with van der Waals surface area (Å²) in [7, 11) is 0. The van der Waals surface area contributed by atoms with Crippen molar-refractivity contribution in [3.05, 3.63) is 48.6 Å². The van der Waals surface area contributed by atoms with Gasteiger partial charge in [-0.2, -0.15) is 0 Å². The zero-order valence-corrected chi connectivity index (χ0v) is 13.0. The van der Waals surface area contributed by atoms with Crippen molar-refractivity contribution in [2.75, 3.05) is 0 Å². The van der Waals surface area contributed by atoms with Crippen LogP contribution in [0.4, 0.5) is 0 Å². The molecule has 0 unspecified atom stereocenters. The summed E-state index contributed by atoms with van der Waals surface area (Å²) in [6, 6.07) is 0. The summed E-state index contributed by atoms with van der Waals surface area (Å²) in [6.07, 6.45) is 29.6. The van der Waals surface area contributed by atoms with Crippen molar-refractivity contribution < 1.29 is 0 Å². The van der Waals surface area contributed by atoms with E-state index in [1.54, 1.807) is 0 Å². The number of hydrogen-bond donors (Lipinski definition) is 0. The average molecular weight is 270 g/mol. The van der Waals surface area contributed by atoms with Crippen molar-refractivity contribution in [3.63, 3.8) is 0 Å². The summed E-state index contributed by atoms with van der Waals surface area (Å²) in [5.74, 6) is 2.09. The van der Waals surface area contributed by atoms with Gasteiger partial charge < -0.3 is 0 Å². The maximum absolute atomic E-state index is 2.38. The van der Waals surface area contributed by atoms with E-state index in [1.165, 1.54) is 51.4 Å². The number of rotatable bonds is 10. The lowest BCUT2D eigenvalue weighted by molar-refractivity contribution is 0.352. The molecule has 0 amide bonds. The highest BCUT2D eigenvalue weighted by atomic mass is 14.3. The van der Waals surface area contributed by atoms with Gasteiger partial charge in [0.05, 0.1) is 0 Å². The molecule has 2 rings (SSSR count). The first-order valence-electron chi connectivity index (χ1n) is 8.62. The summed E-state index contributed by atoms with van der Waals surface area (Å²) in [5, 5.41) is 0. The highest BCUT2D eigenvalue weighted by Gasteiger charge is 2.24. The monoisotopic (exact) mass is 270 g/mol. The molecule has 0 heterocycles. The summed E-state index contributed by atoms with van der Waals surface area (Å²) >= 11 is 0. The van der Waals surface area contributed by atoms with Crippen LogP contribution in [0.1, 0.15) is 58.3 Å². The minimum Gasteiger partial charge on any atom is -0.0773 e. The van der Waals surface area contributed by atoms with Crippen molar-refractivity contribution in [2.45, 2.75) is 58.3 Å². The predicted molar refractivity (Wildman–Crippen MR) is 89.6 cm³/mol. The van der Waals surface area contributed by atoms with E-state index in [2.05, 4.69) is 55.5 Å². The third kappa shape index (κ3) is 4.81. The molecule has 0 spiro atoms. The molecule has 0 bridgehead atoms. The number of unbranched alkanes of at least 4 members (excludes halogenated alkanes) is 6. The molecule has 0 N–H and O–H groups in total. The summed E-state index contributed by atoms with van der Waals surface area (Å²) in [5.41, 5.74) is 0. The number of hydrogen-bond acceptors (Lipinski definition) is 0. The first-order valence-corrected chi connectivity index (χ1v) is 8.62. The molecule has 0 nitrogen and oxygen atoms in total. The van der Waals surface area contributed by atoms with Crippen molar-refractivity contribution in [1.82, 2.24) is 0 Å². The predicted octanol–water partition coefficient (Wildman–Crippen LogP) is 6.23. The van der Waals surface area contributed by atoms with Gasteiger partial charge in [0.15, 0.2) is 0 Å². The first kappa shape index (κ1) is 15.4. The lowest BCUT2D eigenvalue weighted by Gasteiger charge is -2.25. The van der Waals surface area contributed by atoms with Gasteiger partial charge in [-0.15, -0.1) is 0 Å². The van der Waals surface area contributed by atoms with Crippen molar-refractivity contribution in [2.24, 2.45) is 17.8 Å². The topological polar surface area (TPSA) is 0 Å². The third-order valence-corrected chi connectivity index (χ3v) is 4.69. The Morgan fingerprint density at radius 3 is 1.60 bits per heavy atom. The second-order valence-electron chi connectivity index (χ2n) is 6.27. The maximum atomic E-state index is 2.38.